The molecular weight excluding hydrogens is 399 g/mol. The Morgan fingerprint density at radius 2 is 1.77 bits per heavy atom. The highest BCUT2D eigenvalue weighted by Gasteiger charge is 2.35. The SMILES string of the molecule is CC(C)Oc1ccc(COc2ccc(CN3CC(C(=O)O)C3)cc2)cc1C(F)(F)F. The molecule has 5 nitrogen and oxygen atoms in total. The number of hydrogen-bond acceptors (Lipinski definition) is 4. The summed E-state index contributed by atoms with van der Waals surface area (Å²) in [6, 6.07) is 11.2. The van der Waals surface area contributed by atoms with Gasteiger partial charge in [-0.15, -0.1) is 0 Å². The predicted octanol–water partition coefficient (Wildman–Crippen LogP) is 4.59. The molecule has 0 spiro atoms. The molecule has 1 heterocycles. The van der Waals surface area contributed by atoms with E-state index >= 15 is 0 Å². The Balaban J connectivity index is 1.58. The lowest BCUT2D eigenvalue weighted by Crippen LogP contribution is -2.49. The van der Waals surface area contributed by atoms with E-state index < -0.39 is 17.7 Å². The Kier molecular flexibility index (Phi) is 6.55. The first-order valence-electron chi connectivity index (χ1n) is 9.65. The number of hydrogen-bond donors (Lipinski definition) is 1. The van der Waals surface area contributed by atoms with Crippen LogP contribution in [0, 0.1) is 5.92 Å². The minimum atomic E-state index is -4.52. The first-order valence-corrected chi connectivity index (χ1v) is 9.65. The van der Waals surface area contributed by atoms with Crippen LogP contribution in [0.5, 0.6) is 11.5 Å². The summed E-state index contributed by atoms with van der Waals surface area (Å²) >= 11 is 0. The molecule has 0 saturated carbocycles. The fourth-order valence-corrected chi connectivity index (χ4v) is 3.22. The van der Waals surface area contributed by atoms with Gasteiger partial charge in [0.25, 0.3) is 0 Å². The number of halogens is 3. The van der Waals surface area contributed by atoms with Crippen LogP contribution >= 0.6 is 0 Å². The normalized spacial score (nSPS) is 15.1. The Morgan fingerprint density at radius 3 is 2.33 bits per heavy atom. The van der Waals surface area contributed by atoms with Crippen LogP contribution in [0.15, 0.2) is 42.5 Å². The van der Waals surface area contributed by atoms with E-state index in [0.717, 1.165) is 11.6 Å². The molecule has 0 aromatic heterocycles. The van der Waals surface area contributed by atoms with Gasteiger partial charge < -0.3 is 14.6 Å². The number of carboxylic acids is 1. The number of aliphatic carboxylic acids is 1. The number of ether oxygens (including phenoxy) is 2. The second-order valence-electron chi connectivity index (χ2n) is 7.66. The van der Waals surface area contributed by atoms with Gasteiger partial charge in [0.15, 0.2) is 0 Å². The van der Waals surface area contributed by atoms with E-state index in [9.17, 15) is 18.0 Å². The van der Waals surface area contributed by atoms with Crippen molar-refractivity contribution in [1.29, 1.82) is 0 Å². The Morgan fingerprint density at radius 1 is 1.13 bits per heavy atom. The van der Waals surface area contributed by atoms with E-state index in [-0.39, 0.29) is 24.4 Å². The molecule has 2 aromatic rings. The third-order valence-electron chi connectivity index (χ3n) is 4.75. The topological polar surface area (TPSA) is 59.0 Å². The van der Waals surface area contributed by atoms with Crippen molar-refractivity contribution >= 4 is 5.97 Å². The molecule has 1 fully saturated rings. The second kappa shape index (κ2) is 8.95. The van der Waals surface area contributed by atoms with Gasteiger partial charge in [-0.05, 0) is 49.2 Å². The van der Waals surface area contributed by atoms with Crippen molar-refractivity contribution in [1.82, 2.24) is 4.90 Å². The number of nitrogens with zero attached hydrogens (tertiary/aromatic N) is 1. The zero-order valence-electron chi connectivity index (χ0n) is 16.8. The van der Waals surface area contributed by atoms with Gasteiger partial charge in [0.1, 0.15) is 18.1 Å². The van der Waals surface area contributed by atoms with E-state index in [0.29, 0.717) is 30.9 Å². The molecule has 8 heteroatoms. The van der Waals surface area contributed by atoms with E-state index in [2.05, 4.69) is 0 Å². The van der Waals surface area contributed by atoms with Crippen LogP contribution in [-0.4, -0.2) is 35.2 Å². The van der Waals surface area contributed by atoms with Gasteiger partial charge >= 0.3 is 12.1 Å². The monoisotopic (exact) mass is 423 g/mol. The number of likely N-dealkylation sites (tertiary alicyclic amines) is 1. The molecule has 0 radical (unpaired) electrons. The molecule has 0 bridgehead atoms. The van der Waals surface area contributed by atoms with Gasteiger partial charge in [-0.25, -0.2) is 0 Å². The number of benzene rings is 2. The van der Waals surface area contributed by atoms with Gasteiger partial charge in [0, 0.05) is 19.6 Å². The van der Waals surface area contributed by atoms with E-state index in [1.54, 1.807) is 32.0 Å². The van der Waals surface area contributed by atoms with Crippen LogP contribution < -0.4 is 9.47 Å². The maximum Gasteiger partial charge on any atom is 0.419 e. The predicted molar refractivity (Wildman–Crippen MR) is 104 cm³/mol. The van der Waals surface area contributed by atoms with E-state index in [1.807, 2.05) is 17.0 Å². The van der Waals surface area contributed by atoms with Crippen LogP contribution in [0.1, 0.15) is 30.5 Å². The fourth-order valence-electron chi connectivity index (χ4n) is 3.22. The summed E-state index contributed by atoms with van der Waals surface area (Å²) in [6.07, 6.45) is -4.88. The second-order valence-corrected chi connectivity index (χ2v) is 7.66. The number of rotatable bonds is 8. The summed E-state index contributed by atoms with van der Waals surface area (Å²) in [5, 5.41) is 8.91. The third kappa shape index (κ3) is 5.66. The molecule has 0 atom stereocenters. The first kappa shape index (κ1) is 22.0. The highest BCUT2D eigenvalue weighted by Crippen LogP contribution is 2.37. The van der Waals surface area contributed by atoms with Gasteiger partial charge in [0.05, 0.1) is 17.6 Å². The molecule has 0 aliphatic carbocycles. The van der Waals surface area contributed by atoms with Crippen molar-refractivity contribution in [3.63, 3.8) is 0 Å². The average Bonchev–Trinajstić information content (AvgIpc) is 2.62. The van der Waals surface area contributed by atoms with E-state index in [1.165, 1.54) is 6.07 Å². The van der Waals surface area contributed by atoms with Gasteiger partial charge in [-0.2, -0.15) is 13.2 Å². The molecule has 3 rings (SSSR count). The number of carbonyl (C=O) groups is 1. The van der Waals surface area contributed by atoms with Crippen molar-refractivity contribution in [2.75, 3.05) is 13.1 Å². The maximum atomic E-state index is 13.3. The molecule has 1 N–H and O–H groups in total. The largest absolute Gasteiger partial charge is 0.490 e. The quantitative estimate of drug-likeness (QED) is 0.673. The minimum absolute atomic E-state index is 0.00317. The summed E-state index contributed by atoms with van der Waals surface area (Å²) < 4.78 is 50.9. The van der Waals surface area contributed by atoms with Crippen LogP contribution in [-0.2, 0) is 24.1 Å². The summed E-state index contributed by atoms with van der Waals surface area (Å²) in [5.41, 5.74) is 0.588. The third-order valence-corrected chi connectivity index (χ3v) is 4.75. The standard InChI is InChI=1S/C22H24F3NO4/c1-14(2)30-20-8-5-16(9-19(20)22(23,24)25)13-29-18-6-3-15(4-7-18)10-26-11-17(12-26)21(27)28/h3-9,14,17H,10-13H2,1-2H3,(H,27,28). The summed E-state index contributed by atoms with van der Waals surface area (Å²) in [6.45, 7) is 5.06. The van der Waals surface area contributed by atoms with E-state index in [4.69, 9.17) is 14.6 Å². The average molecular weight is 423 g/mol. The molecule has 162 valence electrons. The molecule has 0 amide bonds. The van der Waals surface area contributed by atoms with Crippen LogP contribution in [0.4, 0.5) is 13.2 Å². The molecule has 1 saturated heterocycles. The molecular formula is C22H24F3NO4. The molecule has 2 aromatic carbocycles. The highest BCUT2D eigenvalue weighted by molar-refractivity contribution is 5.71. The van der Waals surface area contributed by atoms with Crippen molar-refractivity contribution in [3.05, 3.63) is 59.2 Å². The van der Waals surface area contributed by atoms with Crippen LogP contribution in [0.25, 0.3) is 0 Å². The fraction of sp³-hybridized carbons (Fsp3) is 0.409. The number of carboxylic acid groups (broad SMARTS) is 1. The smallest absolute Gasteiger partial charge is 0.419 e. The van der Waals surface area contributed by atoms with Crippen LogP contribution in [0.2, 0.25) is 0 Å². The minimum Gasteiger partial charge on any atom is -0.490 e. The first-order chi connectivity index (χ1) is 14.1. The zero-order chi connectivity index (χ0) is 21.9. The molecule has 0 unspecified atom stereocenters. The van der Waals surface area contributed by atoms with Gasteiger partial charge in [-0.1, -0.05) is 18.2 Å². The lowest BCUT2D eigenvalue weighted by molar-refractivity contribution is -0.147. The Labute approximate surface area is 173 Å². The van der Waals surface area contributed by atoms with Gasteiger partial charge in [-0.3, -0.25) is 9.69 Å². The molecule has 1 aliphatic rings. The highest BCUT2D eigenvalue weighted by atomic mass is 19.4. The lowest BCUT2D eigenvalue weighted by atomic mass is 10.00. The van der Waals surface area contributed by atoms with Crippen molar-refractivity contribution in [3.8, 4) is 11.5 Å². The summed E-state index contributed by atoms with van der Waals surface area (Å²) in [5.74, 6) is -0.720. The Hall–Kier alpha value is -2.74. The molecule has 1 aliphatic heterocycles. The van der Waals surface area contributed by atoms with Crippen molar-refractivity contribution in [2.45, 2.75) is 39.3 Å². The molecule has 30 heavy (non-hydrogen) atoms. The Bertz CT molecular complexity index is 875. The van der Waals surface area contributed by atoms with Gasteiger partial charge in [0.2, 0.25) is 0 Å². The summed E-state index contributed by atoms with van der Waals surface area (Å²) in [7, 11) is 0. The number of alkyl halides is 3. The maximum absolute atomic E-state index is 13.3. The summed E-state index contributed by atoms with van der Waals surface area (Å²) in [4.78, 5) is 12.9. The zero-order valence-corrected chi connectivity index (χ0v) is 16.8. The van der Waals surface area contributed by atoms with Crippen molar-refractivity contribution in [2.24, 2.45) is 5.92 Å². The lowest BCUT2D eigenvalue weighted by Gasteiger charge is -2.36. The van der Waals surface area contributed by atoms with Crippen molar-refractivity contribution < 1.29 is 32.5 Å². The van der Waals surface area contributed by atoms with Crippen LogP contribution in [0.3, 0.4) is 0 Å².